The molecule has 0 heterocycles. The second-order valence-electron chi connectivity index (χ2n) is 7.30. The van der Waals surface area contributed by atoms with E-state index in [-0.39, 0.29) is 6.42 Å². The number of hydrogen-bond donors (Lipinski definition) is 2. The Hall–Kier alpha value is -4.13. The van der Waals surface area contributed by atoms with Crippen molar-refractivity contribution >= 4 is 23.7 Å². The molecule has 0 fully saturated rings. The van der Waals surface area contributed by atoms with E-state index in [0.717, 1.165) is 11.1 Å². The quantitative estimate of drug-likeness (QED) is 0.274. The standard InChI is InChI=1S/C26H27N3O4/c1-3-32-24-15-20(12-13-23(24)33-18-21-9-7-8-19(2)14-21)17-27-29-26(31)16-25(30)28-22-10-5-4-6-11-22/h4-15,17H,3,16,18H2,1-2H3,(H,28,30)(H,29,31). The minimum Gasteiger partial charge on any atom is -0.490 e. The summed E-state index contributed by atoms with van der Waals surface area (Å²) in [5.41, 5.74) is 5.96. The van der Waals surface area contributed by atoms with Gasteiger partial charge in [0.15, 0.2) is 11.5 Å². The Kier molecular flexibility index (Phi) is 8.59. The predicted octanol–water partition coefficient (Wildman–Crippen LogP) is 4.45. The van der Waals surface area contributed by atoms with Crippen molar-refractivity contribution in [2.45, 2.75) is 26.9 Å². The van der Waals surface area contributed by atoms with Gasteiger partial charge < -0.3 is 14.8 Å². The average molecular weight is 446 g/mol. The number of amides is 2. The maximum absolute atomic E-state index is 12.0. The Bertz CT molecular complexity index is 1110. The molecule has 3 aromatic carbocycles. The third kappa shape index (κ3) is 7.81. The van der Waals surface area contributed by atoms with Gasteiger partial charge >= 0.3 is 0 Å². The van der Waals surface area contributed by atoms with Crippen LogP contribution in [0.15, 0.2) is 77.9 Å². The fourth-order valence-electron chi connectivity index (χ4n) is 3.05. The summed E-state index contributed by atoms with van der Waals surface area (Å²) >= 11 is 0. The number of ether oxygens (including phenoxy) is 2. The highest BCUT2D eigenvalue weighted by Crippen LogP contribution is 2.29. The highest BCUT2D eigenvalue weighted by Gasteiger charge is 2.09. The van der Waals surface area contributed by atoms with Crippen molar-refractivity contribution in [3.8, 4) is 11.5 Å². The van der Waals surface area contributed by atoms with Gasteiger partial charge in [-0.3, -0.25) is 9.59 Å². The normalized spacial score (nSPS) is 10.6. The number of nitrogens with zero attached hydrogens (tertiary/aromatic N) is 1. The molecule has 33 heavy (non-hydrogen) atoms. The van der Waals surface area contributed by atoms with Crippen molar-refractivity contribution in [2.75, 3.05) is 11.9 Å². The van der Waals surface area contributed by atoms with E-state index in [4.69, 9.17) is 9.47 Å². The molecule has 0 unspecified atom stereocenters. The number of anilines is 1. The van der Waals surface area contributed by atoms with Gasteiger partial charge in [0.2, 0.25) is 11.8 Å². The topological polar surface area (TPSA) is 89.0 Å². The van der Waals surface area contributed by atoms with E-state index in [0.29, 0.717) is 30.4 Å². The van der Waals surface area contributed by atoms with Crippen molar-refractivity contribution in [3.63, 3.8) is 0 Å². The zero-order valence-electron chi connectivity index (χ0n) is 18.7. The molecule has 0 aromatic heterocycles. The van der Waals surface area contributed by atoms with Crippen molar-refractivity contribution in [3.05, 3.63) is 89.5 Å². The number of hydrazone groups is 1. The van der Waals surface area contributed by atoms with E-state index in [1.807, 2.05) is 44.2 Å². The van der Waals surface area contributed by atoms with Crippen molar-refractivity contribution in [1.82, 2.24) is 5.43 Å². The van der Waals surface area contributed by atoms with E-state index >= 15 is 0 Å². The second kappa shape index (κ2) is 12.0. The summed E-state index contributed by atoms with van der Waals surface area (Å²) in [7, 11) is 0. The van der Waals surface area contributed by atoms with Crippen LogP contribution in [0.2, 0.25) is 0 Å². The van der Waals surface area contributed by atoms with E-state index in [9.17, 15) is 9.59 Å². The van der Waals surface area contributed by atoms with E-state index in [1.54, 1.807) is 36.4 Å². The summed E-state index contributed by atoms with van der Waals surface area (Å²) in [5.74, 6) is 0.283. The first kappa shape index (κ1) is 23.5. The van der Waals surface area contributed by atoms with Crippen LogP contribution in [-0.2, 0) is 16.2 Å². The van der Waals surface area contributed by atoms with Gasteiger partial charge in [-0.05, 0) is 55.3 Å². The Morgan fingerprint density at radius 2 is 1.73 bits per heavy atom. The van der Waals surface area contributed by atoms with Crippen LogP contribution in [0.5, 0.6) is 11.5 Å². The smallest absolute Gasteiger partial charge is 0.249 e. The predicted molar refractivity (Wildman–Crippen MR) is 129 cm³/mol. The van der Waals surface area contributed by atoms with E-state index in [2.05, 4.69) is 21.9 Å². The van der Waals surface area contributed by atoms with Gasteiger partial charge in [-0.1, -0.05) is 48.0 Å². The lowest BCUT2D eigenvalue weighted by molar-refractivity contribution is -0.126. The van der Waals surface area contributed by atoms with Crippen LogP contribution in [0.3, 0.4) is 0 Å². The van der Waals surface area contributed by atoms with E-state index in [1.165, 1.54) is 11.8 Å². The number of nitrogens with one attached hydrogen (secondary N) is 2. The molecule has 0 saturated carbocycles. The van der Waals surface area contributed by atoms with Gasteiger partial charge in [-0.15, -0.1) is 0 Å². The molecular formula is C26H27N3O4. The molecule has 0 bridgehead atoms. The summed E-state index contributed by atoms with van der Waals surface area (Å²) in [4.78, 5) is 23.9. The minimum absolute atomic E-state index is 0.331. The van der Waals surface area contributed by atoms with Crippen molar-refractivity contribution in [2.24, 2.45) is 5.10 Å². The Balaban J connectivity index is 1.54. The molecule has 170 valence electrons. The van der Waals surface area contributed by atoms with Crippen molar-refractivity contribution in [1.29, 1.82) is 0 Å². The molecule has 2 amide bonds. The summed E-state index contributed by atoms with van der Waals surface area (Å²) in [6, 6.07) is 22.5. The number of aryl methyl sites for hydroxylation is 1. The molecule has 2 N–H and O–H groups in total. The van der Waals surface area contributed by atoms with Crippen LogP contribution in [-0.4, -0.2) is 24.6 Å². The molecule has 0 aliphatic heterocycles. The molecule has 7 nitrogen and oxygen atoms in total. The zero-order valence-corrected chi connectivity index (χ0v) is 18.7. The van der Waals surface area contributed by atoms with Crippen LogP contribution >= 0.6 is 0 Å². The third-order valence-corrected chi connectivity index (χ3v) is 4.53. The van der Waals surface area contributed by atoms with Crippen LogP contribution in [0.1, 0.15) is 30.0 Å². The lowest BCUT2D eigenvalue weighted by Crippen LogP contribution is -2.24. The summed E-state index contributed by atoms with van der Waals surface area (Å²) in [5, 5.41) is 6.59. The van der Waals surface area contributed by atoms with Gasteiger partial charge in [0.25, 0.3) is 0 Å². The van der Waals surface area contributed by atoms with Crippen LogP contribution in [0.25, 0.3) is 0 Å². The molecule has 0 aliphatic rings. The minimum atomic E-state index is -0.511. The SMILES string of the molecule is CCOc1cc(C=NNC(=O)CC(=O)Nc2ccccc2)ccc1OCc1cccc(C)c1. The molecule has 3 aromatic rings. The lowest BCUT2D eigenvalue weighted by atomic mass is 10.1. The summed E-state index contributed by atoms with van der Waals surface area (Å²) < 4.78 is 11.6. The monoisotopic (exact) mass is 445 g/mol. The van der Waals surface area contributed by atoms with Crippen molar-refractivity contribution < 1.29 is 19.1 Å². The fourth-order valence-corrected chi connectivity index (χ4v) is 3.05. The molecule has 7 heteroatoms. The highest BCUT2D eigenvalue weighted by atomic mass is 16.5. The molecule has 0 saturated heterocycles. The van der Waals surface area contributed by atoms with Crippen LogP contribution in [0.4, 0.5) is 5.69 Å². The second-order valence-corrected chi connectivity index (χ2v) is 7.30. The molecule has 0 radical (unpaired) electrons. The molecule has 0 spiro atoms. The number of benzene rings is 3. The lowest BCUT2D eigenvalue weighted by Gasteiger charge is -2.13. The molecule has 0 aliphatic carbocycles. The Morgan fingerprint density at radius 3 is 2.48 bits per heavy atom. The largest absolute Gasteiger partial charge is 0.490 e. The number of hydrogen-bond acceptors (Lipinski definition) is 5. The Labute approximate surface area is 193 Å². The fraction of sp³-hybridized carbons (Fsp3) is 0.192. The van der Waals surface area contributed by atoms with Crippen LogP contribution in [0, 0.1) is 6.92 Å². The van der Waals surface area contributed by atoms with Gasteiger partial charge in [0.1, 0.15) is 13.0 Å². The maximum atomic E-state index is 12.0. The molecule has 0 atom stereocenters. The third-order valence-electron chi connectivity index (χ3n) is 4.53. The van der Waals surface area contributed by atoms with Crippen LogP contribution < -0.4 is 20.2 Å². The number of rotatable bonds is 10. The number of carbonyl (C=O) groups is 2. The maximum Gasteiger partial charge on any atom is 0.249 e. The van der Waals surface area contributed by atoms with E-state index < -0.39 is 11.8 Å². The number of para-hydroxylation sites is 1. The summed E-state index contributed by atoms with van der Waals surface area (Å²) in [6.07, 6.45) is 1.15. The first-order valence-electron chi connectivity index (χ1n) is 10.7. The van der Waals surface area contributed by atoms with Gasteiger partial charge in [-0.2, -0.15) is 5.10 Å². The zero-order chi connectivity index (χ0) is 23.5. The number of carbonyl (C=O) groups excluding carboxylic acids is 2. The molecular weight excluding hydrogens is 418 g/mol. The van der Waals surface area contributed by atoms with Gasteiger partial charge in [-0.25, -0.2) is 5.43 Å². The highest BCUT2D eigenvalue weighted by molar-refractivity contribution is 6.03. The van der Waals surface area contributed by atoms with Gasteiger partial charge in [0.05, 0.1) is 12.8 Å². The van der Waals surface area contributed by atoms with Gasteiger partial charge in [0, 0.05) is 5.69 Å². The summed E-state index contributed by atoms with van der Waals surface area (Å²) in [6.45, 7) is 4.84. The molecule has 3 rings (SSSR count). The first-order chi connectivity index (χ1) is 16.0. The average Bonchev–Trinajstić information content (AvgIpc) is 2.79. The first-order valence-corrected chi connectivity index (χ1v) is 10.7. The Morgan fingerprint density at radius 1 is 0.909 bits per heavy atom.